The van der Waals surface area contributed by atoms with E-state index in [0.717, 1.165) is 0 Å². The maximum atomic E-state index is 14.1. The lowest BCUT2D eigenvalue weighted by Crippen LogP contribution is -2.30. The first-order valence-electron chi connectivity index (χ1n) is 6.24. The SMILES string of the molecule is COc1cccc(OC)c1C(NN)c1cc(Cl)ccc1F. The topological polar surface area (TPSA) is 56.5 Å². The Morgan fingerprint density at radius 3 is 2.29 bits per heavy atom. The molecule has 0 saturated heterocycles. The van der Waals surface area contributed by atoms with Crippen molar-refractivity contribution in [2.75, 3.05) is 14.2 Å². The van der Waals surface area contributed by atoms with E-state index in [1.807, 2.05) is 0 Å². The maximum absolute atomic E-state index is 14.1. The highest BCUT2D eigenvalue weighted by Gasteiger charge is 2.24. The molecule has 0 aromatic heterocycles. The summed E-state index contributed by atoms with van der Waals surface area (Å²) < 4.78 is 24.8. The first-order chi connectivity index (χ1) is 10.1. The fraction of sp³-hybridized carbons (Fsp3) is 0.200. The summed E-state index contributed by atoms with van der Waals surface area (Å²) in [5.74, 6) is 6.29. The van der Waals surface area contributed by atoms with Gasteiger partial charge in [0.15, 0.2) is 0 Å². The van der Waals surface area contributed by atoms with Crippen LogP contribution in [0.5, 0.6) is 11.5 Å². The van der Waals surface area contributed by atoms with E-state index in [9.17, 15) is 4.39 Å². The zero-order valence-electron chi connectivity index (χ0n) is 11.7. The third-order valence-electron chi connectivity index (χ3n) is 3.19. The first-order valence-corrected chi connectivity index (χ1v) is 6.62. The van der Waals surface area contributed by atoms with Crippen LogP contribution < -0.4 is 20.7 Å². The van der Waals surface area contributed by atoms with Gasteiger partial charge in [-0.2, -0.15) is 0 Å². The average molecular weight is 311 g/mol. The van der Waals surface area contributed by atoms with E-state index >= 15 is 0 Å². The van der Waals surface area contributed by atoms with Gasteiger partial charge in [0.05, 0.1) is 25.8 Å². The van der Waals surface area contributed by atoms with Gasteiger partial charge in [0.2, 0.25) is 0 Å². The Bertz CT molecular complexity index is 615. The summed E-state index contributed by atoms with van der Waals surface area (Å²) in [6, 6.07) is 8.93. The fourth-order valence-electron chi connectivity index (χ4n) is 2.23. The van der Waals surface area contributed by atoms with Gasteiger partial charge in [0.25, 0.3) is 0 Å². The second kappa shape index (κ2) is 6.76. The molecule has 6 heteroatoms. The van der Waals surface area contributed by atoms with Crippen LogP contribution in [-0.4, -0.2) is 14.2 Å². The van der Waals surface area contributed by atoms with Gasteiger partial charge in [0, 0.05) is 10.6 Å². The number of rotatable bonds is 5. The van der Waals surface area contributed by atoms with Crippen LogP contribution in [-0.2, 0) is 0 Å². The molecule has 1 atom stereocenters. The van der Waals surface area contributed by atoms with Crippen molar-refractivity contribution < 1.29 is 13.9 Å². The molecule has 0 aliphatic rings. The molecule has 2 aromatic carbocycles. The van der Waals surface area contributed by atoms with Crippen molar-refractivity contribution in [1.29, 1.82) is 0 Å². The Balaban J connectivity index is 2.63. The van der Waals surface area contributed by atoms with Crippen LogP contribution in [0.15, 0.2) is 36.4 Å². The third-order valence-corrected chi connectivity index (χ3v) is 3.43. The molecule has 3 N–H and O–H groups in total. The minimum Gasteiger partial charge on any atom is -0.496 e. The molecule has 0 spiro atoms. The largest absolute Gasteiger partial charge is 0.496 e. The lowest BCUT2D eigenvalue weighted by atomic mass is 9.97. The molecule has 0 aliphatic carbocycles. The zero-order chi connectivity index (χ0) is 15.4. The summed E-state index contributed by atoms with van der Waals surface area (Å²) in [7, 11) is 3.06. The number of hydrazine groups is 1. The number of hydrogen-bond donors (Lipinski definition) is 2. The number of benzene rings is 2. The predicted molar refractivity (Wildman–Crippen MR) is 80.1 cm³/mol. The van der Waals surface area contributed by atoms with Gasteiger partial charge in [-0.05, 0) is 30.3 Å². The molecule has 0 saturated carbocycles. The summed E-state index contributed by atoms with van der Waals surface area (Å²) in [4.78, 5) is 0. The van der Waals surface area contributed by atoms with Crippen molar-refractivity contribution in [3.05, 3.63) is 58.4 Å². The highest BCUT2D eigenvalue weighted by atomic mass is 35.5. The van der Waals surface area contributed by atoms with Gasteiger partial charge >= 0.3 is 0 Å². The van der Waals surface area contributed by atoms with Crippen LogP contribution in [0.3, 0.4) is 0 Å². The Labute approximate surface area is 127 Å². The average Bonchev–Trinajstić information content (AvgIpc) is 2.51. The lowest BCUT2D eigenvalue weighted by molar-refractivity contribution is 0.376. The van der Waals surface area contributed by atoms with Crippen molar-refractivity contribution in [3.63, 3.8) is 0 Å². The Kier molecular flexibility index (Phi) is 5.01. The number of halogens is 2. The molecular weight excluding hydrogens is 295 g/mol. The van der Waals surface area contributed by atoms with Crippen LogP contribution in [0.2, 0.25) is 5.02 Å². The molecule has 0 radical (unpaired) electrons. The van der Waals surface area contributed by atoms with Crippen molar-refractivity contribution in [1.82, 2.24) is 5.43 Å². The molecule has 0 bridgehead atoms. The minimum absolute atomic E-state index is 0.313. The molecule has 2 aromatic rings. The Hall–Kier alpha value is -1.82. The van der Waals surface area contributed by atoms with Gasteiger partial charge in [0.1, 0.15) is 17.3 Å². The highest BCUT2D eigenvalue weighted by Crippen LogP contribution is 2.38. The molecule has 0 amide bonds. The standard InChI is InChI=1S/C15H16ClFN2O2/c1-20-12-4-3-5-13(21-2)14(12)15(19-18)10-8-9(16)6-7-11(10)17/h3-8,15,19H,18H2,1-2H3. The molecule has 0 aliphatic heterocycles. The van der Waals surface area contributed by atoms with Crippen LogP contribution in [0.4, 0.5) is 4.39 Å². The van der Waals surface area contributed by atoms with Gasteiger partial charge in [-0.15, -0.1) is 0 Å². The molecule has 0 fully saturated rings. The minimum atomic E-state index is -0.658. The summed E-state index contributed by atoms with van der Waals surface area (Å²) >= 11 is 5.95. The van der Waals surface area contributed by atoms with Crippen molar-refractivity contribution in [2.24, 2.45) is 5.84 Å². The molecule has 112 valence electrons. The van der Waals surface area contributed by atoms with Gasteiger partial charge in [-0.25, -0.2) is 9.82 Å². The van der Waals surface area contributed by atoms with Crippen molar-refractivity contribution in [3.8, 4) is 11.5 Å². The third kappa shape index (κ3) is 3.10. The van der Waals surface area contributed by atoms with Crippen LogP contribution in [0.1, 0.15) is 17.2 Å². The molecular formula is C15H16ClFN2O2. The van der Waals surface area contributed by atoms with Crippen molar-refractivity contribution >= 4 is 11.6 Å². The summed E-state index contributed by atoms with van der Waals surface area (Å²) in [6.07, 6.45) is 0. The zero-order valence-corrected chi connectivity index (χ0v) is 12.4. The Morgan fingerprint density at radius 1 is 1.14 bits per heavy atom. The molecule has 21 heavy (non-hydrogen) atoms. The second-order valence-electron chi connectivity index (χ2n) is 4.34. The number of hydrogen-bond acceptors (Lipinski definition) is 4. The smallest absolute Gasteiger partial charge is 0.128 e. The molecule has 1 unspecified atom stereocenters. The molecule has 2 rings (SSSR count). The second-order valence-corrected chi connectivity index (χ2v) is 4.78. The fourth-order valence-corrected chi connectivity index (χ4v) is 2.41. The van der Waals surface area contributed by atoms with Crippen LogP contribution >= 0.6 is 11.6 Å². The first kappa shape index (κ1) is 15.6. The molecule has 4 nitrogen and oxygen atoms in total. The predicted octanol–water partition coefficient (Wildman–Crippen LogP) is 3.05. The van der Waals surface area contributed by atoms with E-state index in [1.54, 1.807) is 18.2 Å². The number of nitrogens with one attached hydrogen (secondary N) is 1. The van der Waals surface area contributed by atoms with Crippen LogP contribution in [0.25, 0.3) is 0 Å². The van der Waals surface area contributed by atoms with Gasteiger partial charge in [-0.3, -0.25) is 5.84 Å². The summed E-state index contributed by atoms with van der Waals surface area (Å²) in [6.45, 7) is 0. The normalized spacial score (nSPS) is 12.0. The quantitative estimate of drug-likeness (QED) is 0.658. The Morgan fingerprint density at radius 2 is 1.76 bits per heavy atom. The number of nitrogens with two attached hydrogens (primary N) is 1. The summed E-state index contributed by atoms with van der Waals surface area (Å²) in [5, 5.41) is 0.417. The van der Waals surface area contributed by atoms with Gasteiger partial charge in [-0.1, -0.05) is 17.7 Å². The number of ether oxygens (including phenoxy) is 2. The lowest BCUT2D eigenvalue weighted by Gasteiger charge is -2.22. The highest BCUT2D eigenvalue weighted by molar-refractivity contribution is 6.30. The van der Waals surface area contributed by atoms with E-state index in [1.165, 1.54) is 32.4 Å². The van der Waals surface area contributed by atoms with E-state index in [4.69, 9.17) is 26.9 Å². The summed E-state index contributed by atoms with van der Waals surface area (Å²) in [5.41, 5.74) is 3.51. The van der Waals surface area contributed by atoms with E-state index in [-0.39, 0.29) is 0 Å². The molecule has 0 heterocycles. The number of methoxy groups -OCH3 is 2. The van der Waals surface area contributed by atoms with Gasteiger partial charge < -0.3 is 9.47 Å². The van der Waals surface area contributed by atoms with E-state index in [0.29, 0.717) is 27.6 Å². The monoisotopic (exact) mass is 310 g/mol. The van der Waals surface area contributed by atoms with E-state index in [2.05, 4.69) is 5.43 Å². The van der Waals surface area contributed by atoms with E-state index < -0.39 is 11.9 Å². The maximum Gasteiger partial charge on any atom is 0.128 e. The van der Waals surface area contributed by atoms with Crippen LogP contribution in [0, 0.1) is 5.82 Å². The van der Waals surface area contributed by atoms with Crippen molar-refractivity contribution in [2.45, 2.75) is 6.04 Å².